The lowest BCUT2D eigenvalue weighted by atomic mass is 9.79. The molecule has 17 heavy (non-hydrogen) atoms. The monoisotopic (exact) mass is 235 g/mol. The van der Waals surface area contributed by atoms with Gasteiger partial charge in [-0.05, 0) is 31.3 Å². The van der Waals surface area contributed by atoms with Gasteiger partial charge in [-0.1, -0.05) is 58.6 Å². The van der Waals surface area contributed by atoms with Gasteiger partial charge in [-0.3, -0.25) is 4.99 Å². The molecule has 0 fully saturated rings. The molecule has 1 nitrogen and oxygen atoms in total. The Morgan fingerprint density at radius 3 is 2.35 bits per heavy atom. The van der Waals surface area contributed by atoms with Gasteiger partial charge in [-0.15, -0.1) is 0 Å². The lowest BCUT2D eigenvalue weighted by molar-refractivity contribution is 0.392. The van der Waals surface area contributed by atoms with Crippen LogP contribution in [0.25, 0.3) is 0 Å². The topological polar surface area (TPSA) is 12.4 Å². The number of aliphatic imine (C=N–C) groups is 1. The van der Waals surface area contributed by atoms with Crippen molar-refractivity contribution >= 4 is 6.21 Å². The van der Waals surface area contributed by atoms with Gasteiger partial charge in [-0.2, -0.15) is 0 Å². The van der Waals surface area contributed by atoms with Gasteiger partial charge in [0, 0.05) is 12.4 Å². The summed E-state index contributed by atoms with van der Waals surface area (Å²) < 4.78 is 0. The minimum Gasteiger partial charge on any atom is -0.269 e. The summed E-state index contributed by atoms with van der Waals surface area (Å²) in [5, 5.41) is 0. The van der Waals surface area contributed by atoms with E-state index in [-0.39, 0.29) is 5.41 Å². The van der Waals surface area contributed by atoms with Crippen LogP contribution >= 0.6 is 0 Å². The first-order chi connectivity index (χ1) is 8.08. The highest BCUT2D eigenvalue weighted by Gasteiger charge is 2.20. The number of hydrogen-bond acceptors (Lipinski definition) is 1. The van der Waals surface area contributed by atoms with Crippen molar-refractivity contribution in [3.8, 4) is 0 Å². The van der Waals surface area contributed by atoms with Crippen molar-refractivity contribution in [3.05, 3.63) is 23.9 Å². The van der Waals surface area contributed by atoms with Crippen LogP contribution in [0.4, 0.5) is 0 Å². The third-order valence-corrected chi connectivity index (χ3v) is 3.15. The lowest BCUT2D eigenvalue weighted by Crippen LogP contribution is -2.13. The molecule has 0 bridgehead atoms. The molecule has 0 amide bonds. The molecule has 0 aliphatic carbocycles. The summed E-state index contributed by atoms with van der Waals surface area (Å²) in [7, 11) is 0. The Kier molecular flexibility index (Phi) is 8.75. The zero-order valence-electron chi connectivity index (χ0n) is 12.3. The molecular weight excluding hydrogens is 206 g/mol. The molecule has 0 heterocycles. The van der Waals surface area contributed by atoms with Crippen LogP contribution in [0.5, 0.6) is 0 Å². The highest BCUT2D eigenvalue weighted by molar-refractivity contribution is 5.54. The molecule has 1 heteroatoms. The normalized spacial score (nSPS) is 14.1. The van der Waals surface area contributed by atoms with E-state index < -0.39 is 0 Å². The zero-order chi connectivity index (χ0) is 13.1. The van der Waals surface area contributed by atoms with Crippen molar-refractivity contribution in [2.75, 3.05) is 0 Å². The van der Waals surface area contributed by atoms with Crippen LogP contribution in [0, 0.1) is 5.41 Å². The van der Waals surface area contributed by atoms with Gasteiger partial charge >= 0.3 is 0 Å². The summed E-state index contributed by atoms with van der Waals surface area (Å²) >= 11 is 0. The average molecular weight is 235 g/mol. The summed E-state index contributed by atoms with van der Waals surface area (Å²) in [6.07, 6.45) is 14.7. The summed E-state index contributed by atoms with van der Waals surface area (Å²) in [5.41, 5.74) is 1.56. The summed E-state index contributed by atoms with van der Waals surface area (Å²) in [5.74, 6) is 0. The fourth-order valence-corrected chi connectivity index (χ4v) is 1.92. The number of allylic oxidation sites excluding steroid dienone is 3. The van der Waals surface area contributed by atoms with Gasteiger partial charge in [0.05, 0.1) is 0 Å². The predicted molar refractivity (Wildman–Crippen MR) is 79.6 cm³/mol. The molecule has 0 aliphatic heterocycles. The third kappa shape index (κ3) is 7.14. The van der Waals surface area contributed by atoms with Gasteiger partial charge in [-0.25, -0.2) is 0 Å². The van der Waals surface area contributed by atoms with E-state index in [1.54, 1.807) is 0 Å². The second-order valence-electron chi connectivity index (χ2n) is 5.19. The number of hydrogen-bond donors (Lipinski definition) is 0. The Hall–Kier alpha value is -0.850. The second kappa shape index (κ2) is 9.21. The molecule has 0 aromatic carbocycles. The van der Waals surface area contributed by atoms with Crippen LogP contribution in [-0.4, -0.2) is 6.21 Å². The maximum absolute atomic E-state index is 4.26. The number of unbranched alkanes of at least 4 members (excludes halogenated alkanes) is 3. The van der Waals surface area contributed by atoms with E-state index in [1.165, 1.54) is 37.7 Å². The molecule has 0 rings (SSSR count). The van der Waals surface area contributed by atoms with Crippen molar-refractivity contribution in [2.45, 2.75) is 66.7 Å². The van der Waals surface area contributed by atoms with Crippen LogP contribution in [0.2, 0.25) is 0 Å². The Bertz CT molecular complexity index is 269. The molecule has 0 unspecified atom stereocenters. The van der Waals surface area contributed by atoms with Crippen LogP contribution < -0.4 is 0 Å². The standard InChI is InChI=1S/C16H29N/c1-6-9-10-11-13-16(4,5)15(12-7-2)14-17-8-3/h7-8,12,14H,6,9-11,13H2,1-5H3/b12-7-,15-14+,17-8?. The molecule has 0 N–H and O–H groups in total. The van der Waals surface area contributed by atoms with Gasteiger partial charge < -0.3 is 0 Å². The largest absolute Gasteiger partial charge is 0.269 e. The fraction of sp³-hybridized carbons (Fsp3) is 0.688. The molecule has 0 aliphatic rings. The van der Waals surface area contributed by atoms with Crippen LogP contribution in [-0.2, 0) is 0 Å². The van der Waals surface area contributed by atoms with Gasteiger partial charge in [0.25, 0.3) is 0 Å². The van der Waals surface area contributed by atoms with E-state index in [0.29, 0.717) is 0 Å². The predicted octanol–water partition coefficient (Wildman–Crippen LogP) is 5.53. The van der Waals surface area contributed by atoms with E-state index in [1.807, 2.05) is 19.3 Å². The first kappa shape index (κ1) is 16.1. The Morgan fingerprint density at radius 2 is 1.82 bits per heavy atom. The van der Waals surface area contributed by atoms with E-state index >= 15 is 0 Å². The first-order valence-corrected chi connectivity index (χ1v) is 6.89. The number of nitrogens with zero attached hydrogens (tertiary/aromatic N) is 1. The highest BCUT2D eigenvalue weighted by Crippen LogP contribution is 2.33. The van der Waals surface area contributed by atoms with Crippen molar-refractivity contribution in [1.82, 2.24) is 0 Å². The quantitative estimate of drug-likeness (QED) is 0.298. The van der Waals surface area contributed by atoms with E-state index in [0.717, 1.165) is 0 Å². The summed E-state index contributed by atoms with van der Waals surface area (Å²) in [6.45, 7) is 10.9. The molecule has 0 spiro atoms. The lowest BCUT2D eigenvalue weighted by Gasteiger charge is -2.26. The second-order valence-corrected chi connectivity index (χ2v) is 5.19. The summed E-state index contributed by atoms with van der Waals surface area (Å²) in [6, 6.07) is 0. The first-order valence-electron chi connectivity index (χ1n) is 6.89. The maximum Gasteiger partial charge on any atom is 0.0301 e. The highest BCUT2D eigenvalue weighted by atomic mass is 14.7. The maximum atomic E-state index is 4.26. The smallest absolute Gasteiger partial charge is 0.0301 e. The van der Waals surface area contributed by atoms with Gasteiger partial charge in [0.1, 0.15) is 0 Å². The van der Waals surface area contributed by atoms with Crippen molar-refractivity contribution in [2.24, 2.45) is 10.4 Å². The molecule has 98 valence electrons. The van der Waals surface area contributed by atoms with Crippen molar-refractivity contribution < 1.29 is 0 Å². The molecule has 0 saturated heterocycles. The zero-order valence-corrected chi connectivity index (χ0v) is 12.3. The van der Waals surface area contributed by atoms with Crippen molar-refractivity contribution in [3.63, 3.8) is 0 Å². The molecule has 0 atom stereocenters. The Labute approximate surface area is 108 Å². The van der Waals surface area contributed by atoms with Crippen molar-refractivity contribution in [1.29, 1.82) is 0 Å². The van der Waals surface area contributed by atoms with Crippen LogP contribution in [0.1, 0.15) is 66.7 Å². The molecule has 0 saturated carbocycles. The fourth-order valence-electron chi connectivity index (χ4n) is 1.92. The third-order valence-electron chi connectivity index (χ3n) is 3.15. The van der Waals surface area contributed by atoms with E-state index in [2.05, 4.69) is 44.8 Å². The SMILES string of the molecule is CC=N/C=C(\C=C/C)C(C)(C)CCCCCC. The molecule has 0 aromatic heterocycles. The molecule has 0 radical (unpaired) electrons. The van der Waals surface area contributed by atoms with Crippen LogP contribution in [0.3, 0.4) is 0 Å². The van der Waals surface area contributed by atoms with E-state index in [4.69, 9.17) is 0 Å². The average Bonchev–Trinajstić information content (AvgIpc) is 2.30. The van der Waals surface area contributed by atoms with Crippen LogP contribution in [0.15, 0.2) is 28.9 Å². The number of rotatable bonds is 8. The van der Waals surface area contributed by atoms with Gasteiger partial charge in [0.2, 0.25) is 0 Å². The molecular formula is C16H29N. The van der Waals surface area contributed by atoms with Gasteiger partial charge in [0.15, 0.2) is 0 Å². The van der Waals surface area contributed by atoms with E-state index in [9.17, 15) is 0 Å². The molecule has 0 aromatic rings. The summed E-state index contributed by atoms with van der Waals surface area (Å²) in [4.78, 5) is 4.26. The minimum atomic E-state index is 0.229. The Morgan fingerprint density at radius 1 is 1.12 bits per heavy atom. The Balaban J connectivity index is 4.49. The minimum absolute atomic E-state index is 0.229.